The number of para-hydroxylation sites is 3. The van der Waals surface area contributed by atoms with Crippen LogP contribution >= 0.6 is 11.3 Å². The fraction of sp³-hybridized carbons (Fsp3) is 0. The molecule has 0 fully saturated rings. The standard InChI is InChI=1S/C50H27N5S/c51-28-30-14-20-44-39(24-30)35-10-4-6-12-42(35)54(44)33-17-23-47-41(26-33)36-18-16-34(27-48(36)56-47)55-45-21-15-31(29-52)25-40(45)37-19-22-46-49(50(37)55)38-11-5-7-13-43(38)53(46)32-8-2-1-3-9-32/h1-27H. The first-order chi connectivity index (χ1) is 27.7. The fourth-order valence-corrected chi connectivity index (χ4v) is 10.2. The average molecular weight is 730 g/mol. The van der Waals surface area contributed by atoms with E-state index in [9.17, 15) is 10.5 Å². The van der Waals surface area contributed by atoms with Crippen LogP contribution in [0.3, 0.4) is 0 Å². The van der Waals surface area contributed by atoms with Crippen molar-refractivity contribution >= 4 is 96.9 Å². The second kappa shape index (κ2) is 11.4. The Hall–Kier alpha value is -7.64. The second-order valence-electron chi connectivity index (χ2n) is 14.4. The van der Waals surface area contributed by atoms with Crippen molar-refractivity contribution in [3.63, 3.8) is 0 Å². The lowest BCUT2D eigenvalue weighted by Gasteiger charge is -2.10. The Morgan fingerprint density at radius 1 is 0.357 bits per heavy atom. The minimum atomic E-state index is 0.646. The molecule has 258 valence electrons. The number of benzene rings is 8. The van der Waals surface area contributed by atoms with Crippen molar-refractivity contribution in [2.75, 3.05) is 0 Å². The highest BCUT2D eigenvalue weighted by Crippen LogP contribution is 2.44. The summed E-state index contributed by atoms with van der Waals surface area (Å²) in [4.78, 5) is 0. The number of nitriles is 2. The lowest BCUT2D eigenvalue weighted by Crippen LogP contribution is -1.95. The third kappa shape index (κ3) is 4.16. The molecule has 0 N–H and O–H groups in total. The summed E-state index contributed by atoms with van der Waals surface area (Å²) in [5.41, 5.74) is 11.3. The third-order valence-electron chi connectivity index (χ3n) is 11.5. The van der Waals surface area contributed by atoms with Crippen LogP contribution in [0.5, 0.6) is 0 Å². The Kier molecular flexibility index (Phi) is 6.28. The normalized spacial score (nSPS) is 11.9. The van der Waals surface area contributed by atoms with Gasteiger partial charge in [0.05, 0.1) is 56.4 Å². The zero-order chi connectivity index (χ0) is 37.1. The van der Waals surface area contributed by atoms with Gasteiger partial charge >= 0.3 is 0 Å². The summed E-state index contributed by atoms with van der Waals surface area (Å²) in [5.74, 6) is 0. The molecule has 12 rings (SSSR count). The Morgan fingerprint density at radius 2 is 0.929 bits per heavy atom. The van der Waals surface area contributed by atoms with E-state index in [1.165, 1.54) is 30.9 Å². The van der Waals surface area contributed by atoms with E-state index < -0.39 is 0 Å². The number of rotatable bonds is 3. The van der Waals surface area contributed by atoms with Crippen molar-refractivity contribution in [3.8, 4) is 29.2 Å². The molecule has 0 saturated carbocycles. The maximum atomic E-state index is 9.96. The molecule has 0 aliphatic carbocycles. The van der Waals surface area contributed by atoms with Gasteiger partial charge in [-0.05, 0) is 97.1 Å². The van der Waals surface area contributed by atoms with Gasteiger partial charge in [-0.1, -0.05) is 66.7 Å². The minimum absolute atomic E-state index is 0.646. The molecule has 5 nitrogen and oxygen atoms in total. The zero-order valence-electron chi connectivity index (χ0n) is 29.7. The summed E-state index contributed by atoms with van der Waals surface area (Å²) in [6, 6.07) is 62.4. The van der Waals surface area contributed by atoms with Crippen LogP contribution in [0.1, 0.15) is 11.1 Å². The van der Waals surface area contributed by atoms with E-state index in [0.717, 1.165) is 71.7 Å². The monoisotopic (exact) mass is 729 g/mol. The summed E-state index contributed by atoms with van der Waals surface area (Å²) >= 11 is 1.81. The lowest BCUT2D eigenvalue weighted by atomic mass is 10.1. The fourth-order valence-electron chi connectivity index (χ4n) is 9.10. The van der Waals surface area contributed by atoms with Crippen LogP contribution in [0, 0.1) is 22.7 Å². The van der Waals surface area contributed by atoms with E-state index in [0.29, 0.717) is 11.1 Å². The molecule has 0 atom stereocenters. The molecule has 12 aromatic rings. The van der Waals surface area contributed by atoms with Gasteiger partial charge in [-0.15, -0.1) is 11.3 Å². The van der Waals surface area contributed by atoms with Gasteiger partial charge in [0.2, 0.25) is 0 Å². The van der Waals surface area contributed by atoms with Crippen LogP contribution in [0.25, 0.3) is 103 Å². The molecule has 8 aromatic carbocycles. The van der Waals surface area contributed by atoms with Crippen LogP contribution < -0.4 is 0 Å². The Labute approximate surface area is 323 Å². The van der Waals surface area contributed by atoms with E-state index in [1.807, 2.05) is 35.6 Å². The van der Waals surface area contributed by atoms with E-state index in [4.69, 9.17) is 0 Å². The number of hydrogen-bond acceptors (Lipinski definition) is 3. The average Bonchev–Trinajstić information content (AvgIpc) is 3.99. The van der Waals surface area contributed by atoms with Gasteiger partial charge in [-0.3, -0.25) is 0 Å². The van der Waals surface area contributed by atoms with E-state index >= 15 is 0 Å². The number of fused-ring (bicyclic) bond motifs is 13. The van der Waals surface area contributed by atoms with Gasteiger partial charge in [0, 0.05) is 69.6 Å². The van der Waals surface area contributed by atoms with Crippen LogP contribution in [-0.4, -0.2) is 13.7 Å². The summed E-state index contributed by atoms with van der Waals surface area (Å²) in [6.07, 6.45) is 0. The highest BCUT2D eigenvalue weighted by atomic mass is 32.1. The maximum absolute atomic E-state index is 9.96. The van der Waals surface area contributed by atoms with Crippen LogP contribution in [-0.2, 0) is 0 Å². The molecule has 4 aromatic heterocycles. The first-order valence-corrected chi connectivity index (χ1v) is 19.4. The SMILES string of the molecule is N#Cc1ccc2c(c1)c1ccccc1n2-c1ccc2sc3cc(-n4c5ccc(C#N)cc5c5ccc6c(c7ccccc7n6-c6ccccc6)c54)ccc3c2c1. The molecule has 4 heterocycles. The Balaban J connectivity index is 1.12. The second-order valence-corrected chi connectivity index (χ2v) is 15.5. The predicted octanol–water partition coefficient (Wildman–Crippen LogP) is 13.1. The van der Waals surface area contributed by atoms with E-state index in [1.54, 1.807) is 0 Å². The van der Waals surface area contributed by atoms with Crippen molar-refractivity contribution in [2.45, 2.75) is 0 Å². The Bertz CT molecular complexity index is 3730. The lowest BCUT2D eigenvalue weighted by molar-refractivity contribution is 1.18. The molecule has 0 amide bonds. The summed E-state index contributed by atoms with van der Waals surface area (Å²) in [6.45, 7) is 0. The van der Waals surface area contributed by atoms with E-state index in [-0.39, 0.29) is 0 Å². The van der Waals surface area contributed by atoms with Gasteiger partial charge in [-0.25, -0.2) is 0 Å². The number of aromatic nitrogens is 3. The first-order valence-electron chi connectivity index (χ1n) is 18.5. The molecule has 0 radical (unpaired) electrons. The van der Waals surface area contributed by atoms with Crippen molar-refractivity contribution in [3.05, 3.63) is 175 Å². The van der Waals surface area contributed by atoms with Crippen LogP contribution in [0.15, 0.2) is 164 Å². The smallest absolute Gasteiger partial charge is 0.0991 e. The van der Waals surface area contributed by atoms with Crippen molar-refractivity contribution < 1.29 is 0 Å². The minimum Gasteiger partial charge on any atom is -0.309 e. The predicted molar refractivity (Wildman–Crippen MR) is 232 cm³/mol. The zero-order valence-corrected chi connectivity index (χ0v) is 30.5. The third-order valence-corrected chi connectivity index (χ3v) is 12.6. The Morgan fingerprint density at radius 3 is 1.70 bits per heavy atom. The number of hydrogen-bond donors (Lipinski definition) is 0. The topological polar surface area (TPSA) is 62.4 Å². The van der Waals surface area contributed by atoms with Gasteiger partial charge in [0.25, 0.3) is 0 Å². The molecule has 0 unspecified atom stereocenters. The highest BCUT2D eigenvalue weighted by molar-refractivity contribution is 7.25. The van der Waals surface area contributed by atoms with Gasteiger partial charge in [-0.2, -0.15) is 10.5 Å². The number of nitrogens with zero attached hydrogens (tertiary/aromatic N) is 5. The molecule has 0 aliphatic rings. The molecule has 0 bridgehead atoms. The highest BCUT2D eigenvalue weighted by Gasteiger charge is 2.22. The van der Waals surface area contributed by atoms with Crippen LogP contribution in [0.2, 0.25) is 0 Å². The molecule has 0 aliphatic heterocycles. The molecule has 0 saturated heterocycles. The maximum Gasteiger partial charge on any atom is 0.0991 e. The molecule has 56 heavy (non-hydrogen) atoms. The van der Waals surface area contributed by atoms with Gasteiger partial charge < -0.3 is 13.7 Å². The molecular weight excluding hydrogens is 703 g/mol. The van der Waals surface area contributed by atoms with Crippen molar-refractivity contribution in [1.82, 2.24) is 13.7 Å². The first kappa shape index (κ1) is 30.8. The van der Waals surface area contributed by atoms with E-state index in [2.05, 4.69) is 165 Å². The largest absolute Gasteiger partial charge is 0.309 e. The summed E-state index contributed by atoms with van der Waals surface area (Å²) < 4.78 is 9.51. The van der Waals surface area contributed by atoms with Crippen molar-refractivity contribution in [2.24, 2.45) is 0 Å². The molecule has 0 spiro atoms. The molecular formula is C50H27N5S. The van der Waals surface area contributed by atoms with Gasteiger partial charge in [0.15, 0.2) is 0 Å². The number of thiophene rings is 1. The summed E-state index contributed by atoms with van der Waals surface area (Å²) in [5, 5.41) is 28.8. The molecule has 6 heteroatoms. The van der Waals surface area contributed by atoms with Crippen molar-refractivity contribution in [1.29, 1.82) is 10.5 Å². The van der Waals surface area contributed by atoms with Gasteiger partial charge in [0.1, 0.15) is 0 Å². The van der Waals surface area contributed by atoms with Crippen LogP contribution in [0.4, 0.5) is 0 Å². The summed E-state index contributed by atoms with van der Waals surface area (Å²) in [7, 11) is 0. The quantitative estimate of drug-likeness (QED) is 0.182.